The van der Waals surface area contributed by atoms with E-state index in [0.29, 0.717) is 34.2 Å². The Hall–Kier alpha value is -3.53. The van der Waals surface area contributed by atoms with Crippen molar-refractivity contribution in [3.05, 3.63) is 40.7 Å². The van der Waals surface area contributed by atoms with Crippen LogP contribution in [0.4, 0.5) is 0 Å². The van der Waals surface area contributed by atoms with E-state index < -0.39 is 0 Å². The molecule has 1 aromatic heterocycles. The van der Waals surface area contributed by atoms with Crippen LogP contribution in [0.15, 0.2) is 35.4 Å². The van der Waals surface area contributed by atoms with Crippen molar-refractivity contribution in [2.75, 3.05) is 21.3 Å². The number of ether oxygens (including phenoxy) is 3. The summed E-state index contributed by atoms with van der Waals surface area (Å²) in [5.41, 5.74) is 1.02. The number of benzene rings is 2. The van der Waals surface area contributed by atoms with Crippen molar-refractivity contribution in [1.29, 1.82) is 0 Å². The van der Waals surface area contributed by atoms with Gasteiger partial charge in [0.05, 0.1) is 27.5 Å². The first-order valence-electron chi connectivity index (χ1n) is 8.02. The van der Waals surface area contributed by atoms with Gasteiger partial charge in [-0.15, -0.1) is 0 Å². The third-order valence-corrected chi connectivity index (χ3v) is 4.16. The summed E-state index contributed by atoms with van der Waals surface area (Å²) in [6.07, 6.45) is 1.40. The van der Waals surface area contributed by atoms with E-state index in [9.17, 15) is 10.2 Å². The molecule has 0 radical (unpaired) electrons. The molecule has 0 aliphatic rings. The molecule has 0 saturated heterocycles. The van der Waals surface area contributed by atoms with E-state index in [0.717, 1.165) is 0 Å². The molecule has 0 aliphatic heterocycles. The summed E-state index contributed by atoms with van der Waals surface area (Å²) in [7, 11) is 4.55. The maximum Gasteiger partial charge on any atom is 0.216 e. The lowest BCUT2D eigenvalue weighted by Gasteiger charge is -2.13. The Balaban J connectivity index is 2.08. The summed E-state index contributed by atoms with van der Waals surface area (Å²) in [5, 5.41) is 30.5. The molecular formula is C18H18N4O5S. The fourth-order valence-electron chi connectivity index (χ4n) is 2.56. The molecule has 2 aromatic carbocycles. The van der Waals surface area contributed by atoms with Gasteiger partial charge in [-0.3, -0.25) is 0 Å². The number of methoxy groups -OCH3 is 3. The Morgan fingerprint density at radius 2 is 1.75 bits per heavy atom. The van der Waals surface area contributed by atoms with Gasteiger partial charge in [0.2, 0.25) is 10.5 Å². The topological polar surface area (TPSA) is 114 Å². The van der Waals surface area contributed by atoms with Gasteiger partial charge in [0.1, 0.15) is 11.5 Å². The zero-order valence-electron chi connectivity index (χ0n) is 15.3. The predicted molar refractivity (Wildman–Crippen MR) is 105 cm³/mol. The van der Waals surface area contributed by atoms with Gasteiger partial charge in [0.15, 0.2) is 17.3 Å². The Morgan fingerprint density at radius 3 is 2.32 bits per heavy atom. The number of rotatable bonds is 6. The van der Waals surface area contributed by atoms with Crippen LogP contribution in [0.3, 0.4) is 0 Å². The van der Waals surface area contributed by atoms with Crippen LogP contribution < -0.4 is 14.2 Å². The minimum absolute atomic E-state index is 0.0484. The zero-order chi connectivity index (χ0) is 20.3. The van der Waals surface area contributed by atoms with E-state index in [1.54, 1.807) is 12.1 Å². The summed E-state index contributed by atoms with van der Waals surface area (Å²) < 4.78 is 17.7. The third-order valence-electron chi connectivity index (χ3n) is 3.90. The second kappa shape index (κ2) is 8.01. The van der Waals surface area contributed by atoms with Crippen LogP contribution in [0, 0.1) is 4.77 Å². The van der Waals surface area contributed by atoms with E-state index in [2.05, 4.69) is 15.3 Å². The number of aromatic nitrogens is 3. The SMILES string of the molecule is COc1cc(-c2n[nH]c(=S)n2/N=C/c2ccc(O)cc2O)cc(OC)c1OC. The van der Waals surface area contributed by atoms with Gasteiger partial charge in [-0.1, -0.05) is 0 Å². The van der Waals surface area contributed by atoms with E-state index in [1.807, 2.05) is 0 Å². The van der Waals surface area contributed by atoms with Crippen molar-refractivity contribution >= 4 is 18.4 Å². The lowest BCUT2D eigenvalue weighted by atomic mass is 10.1. The molecule has 3 N–H and O–H groups in total. The molecule has 1 heterocycles. The van der Waals surface area contributed by atoms with Gasteiger partial charge in [0, 0.05) is 17.2 Å². The largest absolute Gasteiger partial charge is 0.508 e. The summed E-state index contributed by atoms with van der Waals surface area (Å²) in [6.45, 7) is 0. The third kappa shape index (κ3) is 3.62. The lowest BCUT2D eigenvalue weighted by Crippen LogP contribution is -1.99. The highest BCUT2D eigenvalue weighted by atomic mass is 32.1. The lowest BCUT2D eigenvalue weighted by molar-refractivity contribution is 0.324. The average molecular weight is 402 g/mol. The molecule has 146 valence electrons. The van der Waals surface area contributed by atoms with Crippen molar-refractivity contribution < 1.29 is 24.4 Å². The smallest absolute Gasteiger partial charge is 0.216 e. The van der Waals surface area contributed by atoms with Gasteiger partial charge in [-0.25, -0.2) is 5.10 Å². The summed E-state index contributed by atoms with van der Waals surface area (Å²) in [6, 6.07) is 7.62. The van der Waals surface area contributed by atoms with E-state index in [-0.39, 0.29) is 16.3 Å². The normalized spacial score (nSPS) is 11.0. The van der Waals surface area contributed by atoms with E-state index >= 15 is 0 Å². The van der Waals surface area contributed by atoms with Crippen LogP contribution in [-0.2, 0) is 0 Å². The number of phenols is 2. The van der Waals surface area contributed by atoms with Crippen molar-refractivity contribution in [2.45, 2.75) is 0 Å². The molecule has 0 fully saturated rings. The van der Waals surface area contributed by atoms with Crippen molar-refractivity contribution in [1.82, 2.24) is 14.9 Å². The highest BCUT2D eigenvalue weighted by molar-refractivity contribution is 7.71. The molecule has 0 spiro atoms. The van der Waals surface area contributed by atoms with Gasteiger partial charge in [-0.05, 0) is 36.5 Å². The first kappa shape index (κ1) is 19.2. The molecule has 9 nitrogen and oxygen atoms in total. The maximum absolute atomic E-state index is 9.91. The average Bonchev–Trinajstić information content (AvgIpc) is 3.06. The first-order chi connectivity index (χ1) is 13.5. The number of H-pyrrole nitrogens is 1. The molecular weight excluding hydrogens is 384 g/mol. The Labute approximate surface area is 165 Å². The molecule has 0 amide bonds. The maximum atomic E-state index is 9.91. The van der Waals surface area contributed by atoms with Gasteiger partial charge in [-0.2, -0.15) is 14.9 Å². The van der Waals surface area contributed by atoms with Gasteiger partial charge < -0.3 is 24.4 Å². The Morgan fingerprint density at radius 1 is 1.07 bits per heavy atom. The van der Waals surface area contributed by atoms with Crippen LogP contribution in [0.2, 0.25) is 0 Å². The summed E-state index contributed by atoms with van der Waals surface area (Å²) in [4.78, 5) is 0. The molecule has 0 bridgehead atoms. The van der Waals surface area contributed by atoms with Crippen molar-refractivity contribution in [3.8, 4) is 40.1 Å². The molecule has 0 saturated carbocycles. The minimum Gasteiger partial charge on any atom is -0.508 e. The van der Waals surface area contributed by atoms with Crippen molar-refractivity contribution in [3.63, 3.8) is 0 Å². The summed E-state index contributed by atoms with van der Waals surface area (Å²) >= 11 is 5.25. The van der Waals surface area contributed by atoms with Crippen LogP contribution >= 0.6 is 12.2 Å². The van der Waals surface area contributed by atoms with Gasteiger partial charge in [0.25, 0.3) is 0 Å². The minimum atomic E-state index is -0.118. The molecule has 28 heavy (non-hydrogen) atoms. The van der Waals surface area contributed by atoms with Crippen LogP contribution in [-0.4, -0.2) is 52.6 Å². The van der Waals surface area contributed by atoms with Crippen LogP contribution in [0.5, 0.6) is 28.7 Å². The van der Waals surface area contributed by atoms with Gasteiger partial charge >= 0.3 is 0 Å². The number of nitrogens with zero attached hydrogens (tertiary/aromatic N) is 3. The first-order valence-corrected chi connectivity index (χ1v) is 8.43. The molecule has 0 unspecified atom stereocenters. The molecule has 0 atom stereocenters. The number of hydrogen-bond donors (Lipinski definition) is 3. The second-order valence-corrected chi connectivity index (χ2v) is 5.95. The Kier molecular flexibility index (Phi) is 5.50. The zero-order valence-corrected chi connectivity index (χ0v) is 16.1. The van der Waals surface area contributed by atoms with E-state index in [1.165, 1.54) is 50.4 Å². The highest BCUT2D eigenvalue weighted by Crippen LogP contribution is 2.40. The fraction of sp³-hybridized carbons (Fsp3) is 0.167. The molecule has 3 aromatic rings. The summed E-state index contributed by atoms with van der Waals surface area (Å²) in [5.74, 6) is 1.60. The molecule has 3 rings (SSSR count). The van der Waals surface area contributed by atoms with Crippen LogP contribution in [0.25, 0.3) is 11.4 Å². The quantitative estimate of drug-likeness (QED) is 0.429. The number of nitrogens with one attached hydrogen (secondary N) is 1. The Bertz CT molecular complexity index is 1060. The number of hydrogen-bond acceptors (Lipinski definition) is 8. The van der Waals surface area contributed by atoms with Crippen molar-refractivity contribution in [2.24, 2.45) is 5.10 Å². The van der Waals surface area contributed by atoms with Crippen LogP contribution in [0.1, 0.15) is 5.56 Å². The standard InChI is InChI=1S/C18H18N4O5S/c1-25-14-6-11(7-15(26-2)16(14)27-3)17-20-21-18(28)22(17)19-9-10-4-5-12(23)8-13(10)24/h4-9,23-24H,1-3H3,(H,21,28)/b19-9+. The fourth-order valence-corrected chi connectivity index (χ4v) is 2.74. The number of phenolic OH excluding ortho intramolecular Hbond substituents is 2. The van der Waals surface area contributed by atoms with E-state index in [4.69, 9.17) is 26.4 Å². The number of aromatic amines is 1. The monoisotopic (exact) mass is 402 g/mol. The second-order valence-electron chi connectivity index (χ2n) is 5.57. The number of aromatic hydroxyl groups is 2. The molecule has 10 heteroatoms. The molecule has 0 aliphatic carbocycles. The predicted octanol–water partition coefficient (Wildman–Crippen LogP) is 2.93. The highest BCUT2D eigenvalue weighted by Gasteiger charge is 2.17.